The summed E-state index contributed by atoms with van der Waals surface area (Å²) in [7, 11) is 3.81. The van der Waals surface area contributed by atoms with E-state index in [0.29, 0.717) is 23.7 Å². The van der Waals surface area contributed by atoms with Crippen molar-refractivity contribution >= 4 is 39.2 Å². The summed E-state index contributed by atoms with van der Waals surface area (Å²) in [5.41, 5.74) is 0.851. The molecule has 2 rings (SSSR count). The van der Waals surface area contributed by atoms with Crippen LogP contribution < -0.4 is 10.2 Å². The molecule has 0 atom stereocenters. The van der Waals surface area contributed by atoms with Crippen LogP contribution in [-0.2, 0) is 4.79 Å². The Kier molecular flexibility index (Phi) is 5.15. The third kappa shape index (κ3) is 3.76. The van der Waals surface area contributed by atoms with Crippen LogP contribution in [0.5, 0.6) is 0 Å². The van der Waals surface area contributed by atoms with E-state index in [4.69, 9.17) is 5.11 Å². The molecule has 0 saturated carbocycles. The molecule has 0 bridgehead atoms. The average Bonchev–Trinajstić information content (AvgIpc) is 2.79. The van der Waals surface area contributed by atoms with Gasteiger partial charge in [0.1, 0.15) is 16.5 Å². The Morgan fingerprint density at radius 2 is 1.96 bits per heavy atom. The monoisotopic (exact) mass is 336 g/mol. The number of rotatable bonds is 6. The van der Waals surface area contributed by atoms with Crippen molar-refractivity contribution in [3.8, 4) is 0 Å². The standard InChI is InChI=1S/C15H20N4O3S/c1-8-11-13(19(3)4)17-9(2)18-15(11)23-12(8)14(22)16-7-5-6-10(20)21/h5-7H2,1-4H3,(H,16,22)(H,20,21). The third-order valence-electron chi connectivity index (χ3n) is 3.37. The Balaban J connectivity index is 2.28. The second kappa shape index (κ2) is 6.91. The van der Waals surface area contributed by atoms with Crippen molar-refractivity contribution in [2.45, 2.75) is 26.7 Å². The van der Waals surface area contributed by atoms with Gasteiger partial charge in [0.25, 0.3) is 5.91 Å². The first-order valence-electron chi connectivity index (χ1n) is 7.26. The molecule has 0 aliphatic rings. The van der Waals surface area contributed by atoms with Gasteiger partial charge in [0.15, 0.2) is 0 Å². The molecule has 0 spiro atoms. The first kappa shape index (κ1) is 17.1. The van der Waals surface area contributed by atoms with Gasteiger partial charge in [-0.05, 0) is 25.8 Å². The van der Waals surface area contributed by atoms with Gasteiger partial charge in [0.05, 0.1) is 10.3 Å². The topological polar surface area (TPSA) is 95.4 Å². The van der Waals surface area contributed by atoms with Crippen LogP contribution in [0, 0.1) is 13.8 Å². The van der Waals surface area contributed by atoms with Crippen molar-refractivity contribution in [3.63, 3.8) is 0 Å². The summed E-state index contributed by atoms with van der Waals surface area (Å²) < 4.78 is 0. The Labute approximate surface area is 138 Å². The van der Waals surface area contributed by atoms with E-state index in [1.54, 1.807) is 0 Å². The molecule has 0 aromatic carbocycles. The van der Waals surface area contributed by atoms with Crippen LogP contribution in [0.15, 0.2) is 0 Å². The molecule has 7 nitrogen and oxygen atoms in total. The van der Waals surface area contributed by atoms with E-state index in [1.165, 1.54) is 11.3 Å². The second-order valence-electron chi connectivity index (χ2n) is 5.48. The van der Waals surface area contributed by atoms with Gasteiger partial charge in [-0.25, -0.2) is 9.97 Å². The molecule has 2 heterocycles. The molecule has 0 unspecified atom stereocenters. The van der Waals surface area contributed by atoms with Crippen molar-refractivity contribution < 1.29 is 14.7 Å². The van der Waals surface area contributed by atoms with E-state index in [0.717, 1.165) is 21.6 Å². The van der Waals surface area contributed by atoms with Gasteiger partial charge in [-0.3, -0.25) is 9.59 Å². The molecule has 0 aliphatic carbocycles. The molecular formula is C15H20N4O3S. The summed E-state index contributed by atoms with van der Waals surface area (Å²) in [5, 5.41) is 12.3. The molecule has 0 aliphatic heterocycles. The maximum absolute atomic E-state index is 12.3. The molecule has 0 saturated heterocycles. The number of carbonyl (C=O) groups is 2. The van der Waals surface area contributed by atoms with Crippen molar-refractivity contribution in [2.75, 3.05) is 25.5 Å². The van der Waals surface area contributed by atoms with E-state index < -0.39 is 5.97 Å². The summed E-state index contributed by atoms with van der Waals surface area (Å²) >= 11 is 1.34. The van der Waals surface area contributed by atoms with Gasteiger partial charge >= 0.3 is 5.97 Å². The van der Waals surface area contributed by atoms with Crippen LogP contribution >= 0.6 is 11.3 Å². The number of nitrogens with one attached hydrogen (secondary N) is 1. The number of fused-ring (bicyclic) bond motifs is 1. The lowest BCUT2D eigenvalue weighted by Crippen LogP contribution is -2.24. The summed E-state index contributed by atoms with van der Waals surface area (Å²) in [4.78, 5) is 35.0. The molecule has 1 amide bonds. The van der Waals surface area contributed by atoms with E-state index >= 15 is 0 Å². The smallest absolute Gasteiger partial charge is 0.303 e. The molecule has 0 fully saturated rings. The van der Waals surface area contributed by atoms with Crippen molar-refractivity contribution in [1.29, 1.82) is 0 Å². The fraction of sp³-hybridized carbons (Fsp3) is 0.467. The summed E-state index contributed by atoms with van der Waals surface area (Å²) in [6.45, 7) is 4.05. The van der Waals surface area contributed by atoms with Crippen molar-refractivity contribution in [2.24, 2.45) is 0 Å². The molecule has 2 N–H and O–H groups in total. The number of amides is 1. The highest BCUT2D eigenvalue weighted by molar-refractivity contribution is 7.20. The normalized spacial score (nSPS) is 10.8. The Morgan fingerprint density at radius 3 is 2.57 bits per heavy atom. The maximum atomic E-state index is 12.3. The quantitative estimate of drug-likeness (QED) is 0.783. The number of aliphatic carboxylic acids is 1. The molecule has 0 radical (unpaired) electrons. The zero-order valence-electron chi connectivity index (χ0n) is 13.6. The van der Waals surface area contributed by atoms with Gasteiger partial charge in [0, 0.05) is 27.1 Å². The number of nitrogens with zero attached hydrogens (tertiary/aromatic N) is 3. The second-order valence-corrected chi connectivity index (χ2v) is 6.48. The predicted molar refractivity (Wildman–Crippen MR) is 90.4 cm³/mol. The number of thiophene rings is 1. The van der Waals surface area contributed by atoms with Crippen LogP contribution in [0.2, 0.25) is 0 Å². The van der Waals surface area contributed by atoms with Crippen LogP contribution in [0.25, 0.3) is 10.2 Å². The first-order chi connectivity index (χ1) is 10.8. The fourth-order valence-electron chi connectivity index (χ4n) is 2.28. The Morgan fingerprint density at radius 1 is 1.26 bits per heavy atom. The third-order valence-corrected chi connectivity index (χ3v) is 4.55. The van der Waals surface area contributed by atoms with Gasteiger partial charge in [0.2, 0.25) is 0 Å². The first-order valence-corrected chi connectivity index (χ1v) is 8.08. The summed E-state index contributed by atoms with van der Waals surface area (Å²) in [6.07, 6.45) is 0.452. The highest BCUT2D eigenvalue weighted by Gasteiger charge is 2.20. The number of aryl methyl sites for hydroxylation is 2. The number of aromatic nitrogens is 2. The SMILES string of the molecule is Cc1nc(N(C)C)c2c(C)c(C(=O)NCCCC(=O)O)sc2n1. The summed E-state index contributed by atoms with van der Waals surface area (Å²) in [5.74, 6) is 0.402. The highest BCUT2D eigenvalue weighted by Crippen LogP contribution is 2.34. The minimum Gasteiger partial charge on any atom is -0.481 e. The molecule has 2 aromatic heterocycles. The minimum absolute atomic E-state index is 0.0428. The number of carboxylic acids is 1. The lowest BCUT2D eigenvalue weighted by Gasteiger charge is -2.13. The van der Waals surface area contributed by atoms with Crippen molar-refractivity contribution in [1.82, 2.24) is 15.3 Å². The molecule has 2 aromatic rings. The van der Waals surface area contributed by atoms with E-state index in [9.17, 15) is 9.59 Å². The van der Waals surface area contributed by atoms with Gasteiger partial charge in [-0.1, -0.05) is 0 Å². The Bertz CT molecular complexity index is 755. The van der Waals surface area contributed by atoms with Crippen LogP contribution in [0.4, 0.5) is 5.82 Å². The lowest BCUT2D eigenvalue weighted by molar-refractivity contribution is -0.137. The van der Waals surface area contributed by atoms with Gasteiger partial charge < -0.3 is 15.3 Å². The van der Waals surface area contributed by atoms with Gasteiger partial charge in [-0.2, -0.15) is 0 Å². The largest absolute Gasteiger partial charge is 0.481 e. The van der Waals surface area contributed by atoms with E-state index in [2.05, 4.69) is 15.3 Å². The molecule has 124 valence electrons. The molecule has 23 heavy (non-hydrogen) atoms. The molecular weight excluding hydrogens is 316 g/mol. The van der Waals surface area contributed by atoms with E-state index in [1.807, 2.05) is 32.8 Å². The number of hydrogen-bond donors (Lipinski definition) is 2. The number of anilines is 1. The predicted octanol–water partition coefficient (Wildman–Crippen LogP) is 1.97. The number of carboxylic acid groups (broad SMARTS) is 1. The highest BCUT2D eigenvalue weighted by atomic mass is 32.1. The average molecular weight is 336 g/mol. The number of carbonyl (C=O) groups excluding carboxylic acids is 1. The van der Waals surface area contributed by atoms with E-state index in [-0.39, 0.29) is 12.3 Å². The molecule has 8 heteroatoms. The number of hydrogen-bond acceptors (Lipinski definition) is 6. The zero-order valence-corrected chi connectivity index (χ0v) is 14.5. The minimum atomic E-state index is -0.862. The van der Waals surface area contributed by atoms with Gasteiger partial charge in [-0.15, -0.1) is 11.3 Å². The lowest BCUT2D eigenvalue weighted by atomic mass is 10.2. The Hall–Kier alpha value is -2.22. The van der Waals surface area contributed by atoms with Crippen LogP contribution in [-0.4, -0.2) is 47.6 Å². The van der Waals surface area contributed by atoms with Crippen LogP contribution in [0.1, 0.15) is 33.9 Å². The summed E-state index contributed by atoms with van der Waals surface area (Å²) in [6, 6.07) is 0. The fourth-order valence-corrected chi connectivity index (χ4v) is 3.42. The van der Waals surface area contributed by atoms with Crippen LogP contribution in [0.3, 0.4) is 0 Å². The van der Waals surface area contributed by atoms with Crippen molar-refractivity contribution in [3.05, 3.63) is 16.3 Å². The zero-order chi connectivity index (χ0) is 17.1. The maximum Gasteiger partial charge on any atom is 0.303 e.